The summed E-state index contributed by atoms with van der Waals surface area (Å²) in [6.45, 7) is 2.89. The smallest absolute Gasteiger partial charge is 0.255 e. The molecule has 0 unspecified atom stereocenters. The lowest BCUT2D eigenvalue weighted by Gasteiger charge is -2.32. The fourth-order valence-electron chi connectivity index (χ4n) is 4.22. The van der Waals surface area contributed by atoms with Gasteiger partial charge < -0.3 is 5.32 Å². The van der Waals surface area contributed by atoms with E-state index in [4.69, 9.17) is 16.7 Å². The number of piperidine rings is 1. The van der Waals surface area contributed by atoms with E-state index in [1.54, 1.807) is 4.68 Å². The van der Waals surface area contributed by atoms with E-state index in [9.17, 15) is 4.79 Å². The van der Waals surface area contributed by atoms with Crippen LogP contribution in [0.3, 0.4) is 0 Å². The van der Waals surface area contributed by atoms with Crippen LogP contribution in [0.1, 0.15) is 28.8 Å². The maximum Gasteiger partial charge on any atom is 0.255 e. The van der Waals surface area contributed by atoms with Gasteiger partial charge in [-0.2, -0.15) is 5.10 Å². The van der Waals surface area contributed by atoms with E-state index in [0.717, 1.165) is 43.0 Å². The maximum atomic E-state index is 13.3. The molecule has 1 N–H and O–H groups in total. The van der Waals surface area contributed by atoms with Crippen molar-refractivity contribution in [2.45, 2.75) is 25.4 Å². The Labute approximate surface area is 202 Å². The van der Waals surface area contributed by atoms with Gasteiger partial charge in [0, 0.05) is 31.9 Å². The molecule has 0 radical (unpaired) electrons. The van der Waals surface area contributed by atoms with Crippen LogP contribution in [0.2, 0.25) is 4.34 Å². The van der Waals surface area contributed by atoms with E-state index >= 15 is 0 Å². The molecule has 33 heavy (non-hydrogen) atoms. The van der Waals surface area contributed by atoms with Crippen molar-refractivity contribution in [3.05, 3.63) is 94.5 Å². The Bertz CT molecular complexity index is 1210. The van der Waals surface area contributed by atoms with E-state index in [1.165, 1.54) is 16.9 Å². The summed E-state index contributed by atoms with van der Waals surface area (Å²) in [7, 11) is 0. The Morgan fingerprint density at radius 2 is 1.70 bits per heavy atom. The van der Waals surface area contributed by atoms with E-state index in [-0.39, 0.29) is 11.9 Å². The van der Waals surface area contributed by atoms with Gasteiger partial charge in [-0.25, -0.2) is 4.68 Å². The van der Waals surface area contributed by atoms with Crippen molar-refractivity contribution >= 4 is 28.8 Å². The van der Waals surface area contributed by atoms with Crippen molar-refractivity contribution in [3.8, 4) is 16.3 Å². The summed E-state index contributed by atoms with van der Waals surface area (Å²) in [4.78, 5) is 16.7. The molecule has 1 amide bonds. The van der Waals surface area contributed by atoms with Gasteiger partial charge in [0.1, 0.15) is 5.69 Å². The van der Waals surface area contributed by atoms with Crippen LogP contribution >= 0.6 is 22.9 Å². The molecule has 5 rings (SSSR count). The number of benzene rings is 2. The molecule has 1 aliphatic rings. The first-order valence-corrected chi connectivity index (χ1v) is 12.3. The highest BCUT2D eigenvalue weighted by atomic mass is 35.5. The largest absolute Gasteiger partial charge is 0.349 e. The molecule has 2 aromatic carbocycles. The van der Waals surface area contributed by atoms with Crippen LogP contribution in [-0.2, 0) is 6.54 Å². The molecule has 4 aromatic rings. The minimum atomic E-state index is -0.0850. The number of aromatic nitrogens is 2. The topological polar surface area (TPSA) is 50.2 Å². The van der Waals surface area contributed by atoms with E-state index in [2.05, 4.69) is 34.5 Å². The molecule has 0 saturated carbocycles. The van der Waals surface area contributed by atoms with Crippen LogP contribution < -0.4 is 5.32 Å². The molecule has 0 atom stereocenters. The number of carbonyl (C=O) groups excluding carboxylic acids is 1. The second-order valence-electron chi connectivity index (χ2n) is 8.28. The molecule has 0 aliphatic carbocycles. The van der Waals surface area contributed by atoms with Crippen LogP contribution in [0.4, 0.5) is 0 Å². The molecule has 7 heteroatoms. The van der Waals surface area contributed by atoms with Crippen molar-refractivity contribution in [3.63, 3.8) is 0 Å². The molecule has 168 valence electrons. The number of nitrogens with zero attached hydrogens (tertiary/aromatic N) is 3. The predicted octanol–water partition coefficient (Wildman–Crippen LogP) is 5.65. The third kappa shape index (κ3) is 5.19. The maximum absolute atomic E-state index is 13.3. The number of para-hydroxylation sites is 1. The highest BCUT2D eigenvalue weighted by molar-refractivity contribution is 7.19. The number of halogens is 1. The minimum Gasteiger partial charge on any atom is -0.349 e. The van der Waals surface area contributed by atoms with Crippen LogP contribution in [0.5, 0.6) is 0 Å². The van der Waals surface area contributed by atoms with Gasteiger partial charge in [0.15, 0.2) is 0 Å². The lowest BCUT2D eigenvalue weighted by atomic mass is 10.0. The average molecular weight is 477 g/mol. The van der Waals surface area contributed by atoms with Gasteiger partial charge in [-0.3, -0.25) is 9.69 Å². The van der Waals surface area contributed by atoms with Gasteiger partial charge in [0.05, 0.1) is 20.5 Å². The number of carbonyl (C=O) groups is 1. The van der Waals surface area contributed by atoms with Crippen LogP contribution in [0, 0.1) is 0 Å². The summed E-state index contributed by atoms with van der Waals surface area (Å²) in [6.07, 6.45) is 3.69. The van der Waals surface area contributed by atoms with E-state index in [0.29, 0.717) is 15.6 Å². The third-order valence-electron chi connectivity index (χ3n) is 5.96. The Balaban J connectivity index is 1.29. The number of hydrogen-bond acceptors (Lipinski definition) is 4. The zero-order valence-electron chi connectivity index (χ0n) is 18.2. The Morgan fingerprint density at radius 1 is 1.00 bits per heavy atom. The summed E-state index contributed by atoms with van der Waals surface area (Å²) in [5, 5.41) is 7.99. The molecule has 2 aromatic heterocycles. The number of nitrogens with one attached hydrogen (secondary N) is 1. The fourth-order valence-corrected chi connectivity index (χ4v) is 5.26. The van der Waals surface area contributed by atoms with E-state index < -0.39 is 0 Å². The minimum absolute atomic E-state index is 0.0850. The van der Waals surface area contributed by atoms with Crippen LogP contribution in [0.25, 0.3) is 16.3 Å². The zero-order valence-corrected chi connectivity index (χ0v) is 19.7. The normalized spacial score (nSPS) is 14.9. The highest BCUT2D eigenvalue weighted by Crippen LogP contribution is 2.33. The second kappa shape index (κ2) is 9.91. The summed E-state index contributed by atoms with van der Waals surface area (Å²) < 4.78 is 2.44. The molecular formula is C26H25ClN4OS. The van der Waals surface area contributed by atoms with Crippen molar-refractivity contribution in [1.82, 2.24) is 20.0 Å². The van der Waals surface area contributed by atoms with Crippen LogP contribution in [-0.4, -0.2) is 39.7 Å². The highest BCUT2D eigenvalue weighted by Gasteiger charge is 2.25. The second-order valence-corrected chi connectivity index (χ2v) is 10.00. The molecule has 0 bridgehead atoms. The van der Waals surface area contributed by atoms with Gasteiger partial charge in [-0.15, -0.1) is 11.3 Å². The molecular weight excluding hydrogens is 452 g/mol. The molecule has 1 aliphatic heterocycles. The monoisotopic (exact) mass is 476 g/mol. The Kier molecular flexibility index (Phi) is 6.58. The van der Waals surface area contributed by atoms with Crippen molar-refractivity contribution in [1.29, 1.82) is 0 Å². The Hall–Kier alpha value is -2.93. The molecule has 1 saturated heterocycles. The number of rotatable bonds is 6. The predicted molar refractivity (Wildman–Crippen MR) is 134 cm³/mol. The average Bonchev–Trinajstić information content (AvgIpc) is 3.48. The van der Waals surface area contributed by atoms with Crippen molar-refractivity contribution in [2.75, 3.05) is 13.1 Å². The lowest BCUT2D eigenvalue weighted by Crippen LogP contribution is -2.44. The standard InChI is InChI=1S/C26H25ClN4OS/c27-24-12-11-23(33-24)25-22(18-31(29-25)21-9-5-2-6-10-21)26(32)28-20-13-15-30(16-14-20)17-19-7-3-1-4-8-19/h1-12,18,20H,13-17H2,(H,28,32). The van der Waals surface area contributed by atoms with Gasteiger partial charge >= 0.3 is 0 Å². The zero-order chi connectivity index (χ0) is 22.6. The van der Waals surface area contributed by atoms with Crippen molar-refractivity contribution in [2.24, 2.45) is 0 Å². The number of amides is 1. The number of likely N-dealkylation sites (tertiary alicyclic amines) is 1. The first-order chi connectivity index (χ1) is 16.2. The van der Waals surface area contributed by atoms with Crippen LogP contribution in [0.15, 0.2) is 79.0 Å². The van der Waals surface area contributed by atoms with Gasteiger partial charge in [-0.1, -0.05) is 60.1 Å². The molecule has 1 fully saturated rings. The summed E-state index contributed by atoms with van der Waals surface area (Å²) in [6, 6.07) is 24.3. The molecule has 0 spiro atoms. The Morgan fingerprint density at radius 3 is 2.36 bits per heavy atom. The van der Waals surface area contributed by atoms with Crippen molar-refractivity contribution < 1.29 is 4.79 Å². The first-order valence-electron chi connectivity index (χ1n) is 11.1. The number of hydrogen-bond donors (Lipinski definition) is 1. The lowest BCUT2D eigenvalue weighted by molar-refractivity contribution is 0.0909. The summed E-state index contributed by atoms with van der Waals surface area (Å²) in [5.74, 6) is -0.0850. The van der Waals surface area contributed by atoms with Gasteiger partial charge in [-0.05, 0) is 42.7 Å². The third-order valence-corrected chi connectivity index (χ3v) is 7.20. The first kappa shape index (κ1) is 21.9. The fraction of sp³-hybridized carbons (Fsp3) is 0.231. The summed E-state index contributed by atoms with van der Waals surface area (Å²) in [5.41, 5.74) is 3.47. The number of thiophene rings is 1. The molecule has 3 heterocycles. The quantitative estimate of drug-likeness (QED) is 0.391. The SMILES string of the molecule is O=C(NC1CCN(Cc2ccccc2)CC1)c1cn(-c2ccccc2)nc1-c1ccc(Cl)s1. The summed E-state index contributed by atoms with van der Waals surface area (Å²) >= 11 is 7.60. The van der Waals surface area contributed by atoms with E-state index in [1.807, 2.05) is 54.7 Å². The van der Waals surface area contributed by atoms with Gasteiger partial charge in [0.2, 0.25) is 0 Å². The molecule has 5 nitrogen and oxygen atoms in total. The van der Waals surface area contributed by atoms with Gasteiger partial charge in [0.25, 0.3) is 5.91 Å².